The first-order valence-corrected chi connectivity index (χ1v) is 11.3. The Hall–Kier alpha value is -2.20. The lowest BCUT2D eigenvalue weighted by Crippen LogP contribution is -2.40. The molecule has 0 spiro atoms. The van der Waals surface area contributed by atoms with Crippen LogP contribution in [0.4, 0.5) is 0 Å². The second kappa shape index (κ2) is 14.1. The molecule has 0 bridgehead atoms. The molecule has 6 nitrogen and oxygen atoms in total. The molecule has 0 aliphatic carbocycles. The molecule has 2 N–H and O–H groups in total. The summed E-state index contributed by atoms with van der Waals surface area (Å²) < 4.78 is 16.2. The number of guanidine groups is 1. The molecule has 0 saturated carbocycles. The van der Waals surface area contributed by atoms with Crippen molar-refractivity contribution in [1.82, 2.24) is 10.6 Å². The Morgan fingerprint density at radius 3 is 2.62 bits per heavy atom. The van der Waals surface area contributed by atoms with E-state index in [4.69, 9.17) is 18.9 Å². The van der Waals surface area contributed by atoms with Crippen LogP contribution in [0, 0.1) is 5.92 Å². The average Bonchev–Trinajstić information content (AvgIpc) is 3.49. The van der Waals surface area contributed by atoms with Crippen LogP contribution in [-0.4, -0.2) is 33.3 Å². The van der Waals surface area contributed by atoms with Gasteiger partial charge in [-0.25, -0.2) is 4.99 Å². The van der Waals surface area contributed by atoms with Gasteiger partial charge in [0.15, 0.2) is 17.5 Å². The molecule has 1 atom stereocenters. The van der Waals surface area contributed by atoms with Gasteiger partial charge in [-0.2, -0.15) is 0 Å². The monoisotopic (exact) mass is 569 g/mol. The molecule has 0 aliphatic heterocycles. The van der Waals surface area contributed by atoms with E-state index in [2.05, 4.69) is 41.1 Å². The third-order valence-electron chi connectivity index (χ3n) is 4.87. The zero-order chi connectivity index (χ0) is 21.9. The first-order valence-electron chi connectivity index (χ1n) is 10.5. The predicted molar refractivity (Wildman–Crippen MR) is 142 cm³/mol. The topological polar surface area (TPSA) is 68.0 Å². The third kappa shape index (κ3) is 8.38. The standard InChI is InChI=1S/C24H31N3O3S.HI/c1-18(14-19-8-9-22(28-2)23(15-19)29-3)16-26-24(27-17-21-7-5-13-31-21)25-11-10-20-6-4-12-30-20;/h4-9,12-13,15,18H,10-11,14,16-17H2,1-3H3,(H2,25,26,27);1H. The van der Waals surface area contributed by atoms with Crippen LogP contribution in [0.15, 0.2) is 63.5 Å². The maximum atomic E-state index is 5.42. The van der Waals surface area contributed by atoms with Crippen molar-refractivity contribution >= 4 is 41.3 Å². The molecule has 2 heterocycles. The van der Waals surface area contributed by atoms with E-state index in [0.717, 1.165) is 49.1 Å². The fraction of sp³-hybridized carbons (Fsp3) is 0.375. The van der Waals surface area contributed by atoms with Crippen LogP contribution in [-0.2, 0) is 19.4 Å². The normalized spacial score (nSPS) is 12.0. The van der Waals surface area contributed by atoms with Gasteiger partial charge in [0.05, 0.1) is 27.0 Å². The Balaban J connectivity index is 0.00000363. The fourth-order valence-corrected chi connectivity index (χ4v) is 3.87. The minimum Gasteiger partial charge on any atom is -0.493 e. The SMILES string of the molecule is COc1ccc(CC(C)CNC(=NCc2cccs2)NCCc2ccco2)cc1OC.I. The lowest BCUT2D eigenvalue weighted by molar-refractivity contribution is 0.354. The van der Waals surface area contributed by atoms with E-state index in [1.807, 2.05) is 24.3 Å². The van der Waals surface area contributed by atoms with Gasteiger partial charge in [-0.1, -0.05) is 19.1 Å². The molecule has 8 heteroatoms. The molecule has 174 valence electrons. The number of nitrogens with zero attached hydrogens (tertiary/aromatic N) is 1. The first kappa shape index (κ1) is 26.1. The van der Waals surface area contributed by atoms with Crippen molar-refractivity contribution in [3.63, 3.8) is 0 Å². The Labute approximate surface area is 211 Å². The van der Waals surface area contributed by atoms with Crippen molar-refractivity contribution in [2.45, 2.75) is 26.3 Å². The summed E-state index contributed by atoms with van der Waals surface area (Å²) in [6.45, 7) is 4.46. The molecule has 0 amide bonds. The highest BCUT2D eigenvalue weighted by Gasteiger charge is 2.10. The van der Waals surface area contributed by atoms with Crippen LogP contribution in [0.1, 0.15) is 23.1 Å². The number of aliphatic imine (C=N–C) groups is 1. The van der Waals surface area contributed by atoms with Gasteiger partial charge >= 0.3 is 0 Å². The Kier molecular flexibility index (Phi) is 11.4. The van der Waals surface area contributed by atoms with Gasteiger partial charge in [-0.15, -0.1) is 35.3 Å². The van der Waals surface area contributed by atoms with Crippen LogP contribution >= 0.6 is 35.3 Å². The number of nitrogens with one attached hydrogen (secondary N) is 2. The van der Waals surface area contributed by atoms with Crippen molar-refractivity contribution in [1.29, 1.82) is 0 Å². The number of benzene rings is 1. The van der Waals surface area contributed by atoms with E-state index in [0.29, 0.717) is 12.5 Å². The number of rotatable bonds is 11. The summed E-state index contributed by atoms with van der Waals surface area (Å²) in [5, 5.41) is 8.99. The lowest BCUT2D eigenvalue weighted by atomic mass is 10.0. The summed E-state index contributed by atoms with van der Waals surface area (Å²) in [6, 6.07) is 14.1. The van der Waals surface area contributed by atoms with Crippen molar-refractivity contribution < 1.29 is 13.9 Å². The molecule has 2 aromatic heterocycles. The van der Waals surface area contributed by atoms with Gasteiger partial charge in [-0.05, 0) is 53.6 Å². The summed E-state index contributed by atoms with van der Waals surface area (Å²) in [7, 11) is 3.32. The van der Waals surface area contributed by atoms with E-state index in [9.17, 15) is 0 Å². The number of ether oxygens (including phenoxy) is 2. The summed E-state index contributed by atoms with van der Waals surface area (Å²) in [6.07, 6.45) is 3.45. The number of hydrogen-bond donors (Lipinski definition) is 2. The van der Waals surface area contributed by atoms with Gasteiger partial charge in [0.2, 0.25) is 0 Å². The maximum absolute atomic E-state index is 5.42. The predicted octanol–water partition coefficient (Wildman–Crippen LogP) is 5.13. The van der Waals surface area contributed by atoms with Crippen molar-refractivity contribution in [2.75, 3.05) is 27.3 Å². The van der Waals surface area contributed by atoms with Crippen LogP contribution in [0.3, 0.4) is 0 Å². The molecule has 3 rings (SSSR count). The molecule has 1 unspecified atom stereocenters. The lowest BCUT2D eigenvalue weighted by Gasteiger charge is -2.17. The van der Waals surface area contributed by atoms with Gasteiger partial charge in [0, 0.05) is 24.4 Å². The first-order chi connectivity index (χ1) is 15.2. The highest BCUT2D eigenvalue weighted by Crippen LogP contribution is 2.28. The zero-order valence-corrected chi connectivity index (χ0v) is 21.9. The number of hydrogen-bond acceptors (Lipinski definition) is 5. The largest absolute Gasteiger partial charge is 0.493 e. The molecule has 0 saturated heterocycles. The summed E-state index contributed by atoms with van der Waals surface area (Å²) in [5.41, 5.74) is 1.22. The van der Waals surface area contributed by atoms with Crippen molar-refractivity contribution in [2.24, 2.45) is 10.9 Å². The van der Waals surface area contributed by atoms with E-state index >= 15 is 0 Å². The highest BCUT2D eigenvalue weighted by atomic mass is 127. The van der Waals surface area contributed by atoms with Crippen LogP contribution in [0.25, 0.3) is 0 Å². The van der Waals surface area contributed by atoms with E-state index < -0.39 is 0 Å². The van der Waals surface area contributed by atoms with E-state index in [1.165, 1.54) is 10.4 Å². The smallest absolute Gasteiger partial charge is 0.191 e. The minimum atomic E-state index is 0. The maximum Gasteiger partial charge on any atom is 0.191 e. The average molecular weight is 570 g/mol. The Morgan fingerprint density at radius 2 is 1.94 bits per heavy atom. The van der Waals surface area contributed by atoms with Gasteiger partial charge in [-0.3, -0.25) is 0 Å². The molecular formula is C24H32IN3O3S. The second-order valence-electron chi connectivity index (χ2n) is 7.38. The Bertz CT molecular complexity index is 930. The molecule has 0 fully saturated rings. The second-order valence-corrected chi connectivity index (χ2v) is 8.41. The summed E-state index contributed by atoms with van der Waals surface area (Å²) >= 11 is 1.72. The molecule has 0 radical (unpaired) electrons. The molecule has 0 aliphatic rings. The molecule has 1 aromatic carbocycles. The third-order valence-corrected chi connectivity index (χ3v) is 5.73. The van der Waals surface area contributed by atoms with Crippen LogP contribution < -0.4 is 20.1 Å². The number of thiophene rings is 1. The highest BCUT2D eigenvalue weighted by molar-refractivity contribution is 14.0. The van der Waals surface area contributed by atoms with Crippen LogP contribution in [0.5, 0.6) is 11.5 Å². The van der Waals surface area contributed by atoms with Crippen LogP contribution in [0.2, 0.25) is 0 Å². The molecule has 3 aromatic rings. The number of halogens is 1. The van der Waals surface area contributed by atoms with Crippen molar-refractivity contribution in [3.8, 4) is 11.5 Å². The van der Waals surface area contributed by atoms with Gasteiger partial charge in [0.1, 0.15) is 5.76 Å². The van der Waals surface area contributed by atoms with E-state index in [1.54, 1.807) is 31.8 Å². The minimum absolute atomic E-state index is 0. The summed E-state index contributed by atoms with van der Waals surface area (Å²) in [4.78, 5) is 5.99. The Morgan fingerprint density at radius 1 is 1.09 bits per heavy atom. The van der Waals surface area contributed by atoms with Crippen molar-refractivity contribution in [3.05, 3.63) is 70.3 Å². The quantitative estimate of drug-likeness (QED) is 0.190. The zero-order valence-electron chi connectivity index (χ0n) is 18.8. The number of methoxy groups -OCH3 is 2. The van der Waals surface area contributed by atoms with E-state index in [-0.39, 0.29) is 24.0 Å². The fourth-order valence-electron chi connectivity index (χ4n) is 3.25. The summed E-state index contributed by atoms with van der Waals surface area (Å²) in [5.74, 6) is 3.71. The van der Waals surface area contributed by atoms with Gasteiger partial charge in [0.25, 0.3) is 0 Å². The van der Waals surface area contributed by atoms with Gasteiger partial charge < -0.3 is 24.5 Å². The molecule has 32 heavy (non-hydrogen) atoms. The number of furan rings is 1. The molecular weight excluding hydrogens is 537 g/mol.